The summed E-state index contributed by atoms with van der Waals surface area (Å²) in [5.74, 6) is 1.21. The zero-order valence-corrected chi connectivity index (χ0v) is 17.5. The molecule has 0 atom stereocenters. The van der Waals surface area contributed by atoms with E-state index in [1.807, 2.05) is 42.6 Å². The molecule has 4 heterocycles. The van der Waals surface area contributed by atoms with Crippen LogP contribution in [-0.2, 0) is 6.42 Å². The van der Waals surface area contributed by atoms with Gasteiger partial charge in [0.2, 0.25) is 0 Å². The number of nitrogens with zero attached hydrogens (tertiary/aromatic N) is 4. The summed E-state index contributed by atoms with van der Waals surface area (Å²) in [5.41, 5.74) is 3.44. The molecule has 0 bridgehead atoms. The van der Waals surface area contributed by atoms with Gasteiger partial charge in [-0.15, -0.1) is 0 Å². The molecule has 1 aliphatic rings. The van der Waals surface area contributed by atoms with Gasteiger partial charge in [-0.25, -0.2) is 4.98 Å². The molecule has 1 aromatic carbocycles. The molecule has 0 saturated carbocycles. The Morgan fingerprint density at radius 2 is 1.94 bits per heavy atom. The smallest absolute Gasteiger partial charge is 0.181 e. The first kappa shape index (κ1) is 19.6. The van der Waals surface area contributed by atoms with E-state index >= 15 is 0 Å². The first-order chi connectivity index (χ1) is 15.2. The van der Waals surface area contributed by atoms with Gasteiger partial charge in [0.25, 0.3) is 0 Å². The monoisotopic (exact) mass is 412 g/mol. The second-order valence-corrected chi connectivity index (χ2v) is 8.25. The van der Waals surface area contributed by atoms with Crippen LogP contribution in [0.3, 0.4) is 0 Å². The molecule has 6 heteroatoms. The van der Waals surface area contributed by atoms with Crippen LogP contribution in [0.25, 0.3) is 22.1 Å². The van der Waals surface area contributed by atoms with Crippen LogP contribution in [0.2, 0.25) is 0 Å². The van der Waals surface area contributed by atoms with E-state index in [1.165, 1.54) is 6.39 Å². The minimum atomic E-state index is 0.0646. The molecule has 0 aliphatic carbocycles. The van der Waals surface area contributed by atoms with E-state index in [4.69, 9.17) is 4.42 Å². The highest BCUT2D eigenvalue weighted by molar-refractivity contribution is 5.98. The van der Waals surface area contributed by atoms with Crippen molar-refractivity contribution < 1.29 is 9.21 Å². The van der Waals surface area contributed by atoms with Gasteiger partial charge >= 0.3 is 0 Å². The predicted octanol–water partition coefficient (Wildman–Crippen LogP) is 4.52. The zero-order chi connectivity index (χ0) is 21.2. The lowest BCUT2D eigenvalue weighted by Crippen LogP contribution is -2.29. The quantitative estimate of drug-likeness (QED) is 0.449. The fraction of sp³-hybridized carbons (Fsp3) is 0.280. The van der Waals surface area contributed by atoms with Crippen LogP contribution in [0.15, 0.2) is 65.8 Å². The molecule has 31 heavy (non-hydrogen) atoms. The molecule has 0 N–H and O–H groups in total. The normalized spacial score (nSPS) is 15.4. The van der Waals surface area contributed by atoms with Gasteiger partial charge in [0, 0.05) is 46.2 Å². The van der Waals surface area contributed by atoms with Crippen molar-refractivity contribution in [2.24, 2.45) is 0 Å². The lowest BCUT2D eigenvalue weighted by Gasteiger charge is -2.28. The van der Waals surface area contributed by atoms with Crippen LogP contribution in [0.1, 0.15) is 40.5 Å². The number of benzene rings is 1. The Bertz CT molecular complexity index is 1210. The highest BCUT2D eigenvalue weighted by Crippen LogP contribution is 2.27. The van der Waals surface area contributed by atoms with E-state index in [0.29, 0.717) is 11.5 Å². The Hall–Kier alpha value is -3.38. The number of Topliss-reactive ketones (excluding diaryl/α,β-unsaturated/α-hetero) is 1. The molecule has 1 aliphatic heterocycles. The molecule has 0 unspecified atom stereocenters. The number of hydrogen-bond donors (Lipinski definition) is 0. The largest absolute Gasteiger partial charge is 0.444 e. The molecular weight excluding hydrogens is 388 g/mol. The summed E-state index contributed by atoms with van der Waals surface area (Å²) < 4.78 is 5.40. The van der Waals surface area contributed by atoms with Crippen molar-refractivity contribution in [3.8, 4) is 11.3 Å². The second kappa shape index (κ2) is 8.40. The van der Waals surface area contributed by atoms with Crippen LogP contribution in [0, 0.1) is 0 Å². The Labute approximate surface area is 181 Å². The van der Waals surface area contributed by atoms with Crippen molar-refractivity contribution >= 4 is 16.6 Å². The first-order valence-corrected chi connectivity index (χ1v) is 10.6. The van der Waals surface area contributed by atoms with Gasteiger partial charge < -0.3 is 9.32 Å². The van der Waals surface area contributed by atoms with E-state index in [1.54, 1.807) is 12.4 Å². The Morgan fingerprint density at radius 1 is 1.06 bits per heavy atom. The highest BCUT2D eigenvalue weighted by atomic mass is 16.3. The van der Waals surface area contributed by atoms with E-state index in [-0.39, 0.29) is 12.2 Å². The number of likely N-dealkylation sites (tertiary alicyclic amines) is 1. The molecule has 0 radical (unpaired) electrons. The standard InChI is InChI=1S/C25H24N4O2/c1-29-8-5-17(6-9-29)23-12-18(4-7-27-23)24(30)13-22-11-21-10-19(25-15-26-16-31-25)2-3-20(21)14-28-22/h2-4,7,10-12,14-17H,5-6,8-9,13H2,1H3. The van der Waals surface area contributed by atoms with Gasteiger partial charge in [-0.3, -0.25) is 14.8 Å². The third-order valence-corrected chi connectivity index (χ3v) is 6.08. The minimum Gasteiger partial charge on any atom is -0.444 e. The summed E-state index contributed by atoms with van der Waals surface area (Å²) in [4.78, 5) is 28.4. The van der Waals surface area contributed by atoms with Crippen LogP contribution in [0.4, 0.5) is 0 Å². The molecule has 156 valence electrons. The van der Waals surface area contributed by atoms with Crippen LogP contribution < -0.4 is 0 Å². The van der Waals surface area contributed by atoms with Gasteiger partial charge in [-0.2, -0.15) is 0 Å². The van der Waals surface area contributed by atoms with E-state index in [9.17, 15) is 4.79 Å². The molecule has 6 nitrogen and oxygen atoms in total. The predicted molar refractivity (Wildman–Crippen MR) is 119 cm³/mol. The molecule has 5 rings (SSSR count). The third-order valence-electron chi connectivity index (χ3n) is 6.08. The third kappa shape index (κ3) is 4.25. The van der Waals surface area contributed by atoms with Gasteiger partial charge in [-0.05, 0) is 62.6 Å². The minimum absolute atomic E-state index is 0.0646. The number of carbonyl (C=O) groups is 1. The fourth-order valence-corrected chi connectivity index (χ4v) is 4.21. The number of aromatic nitrogens is 3. The summed E-state index contributed by atoms with van der Waals surface area (Å²) in [5, 5.41) is 2.04. The van der Waals surface area contributed by atoms with Crippen LogP contribution >= 0.6 is 0 Å². The molecule has 1 fully saturated rings. The summed E-state index contributed by atoms with van der Waals surface area (Å²) >= 11 is 0. The van der Waals surface area contributed by atoms with Crippen LogP contribution in [-0.4, -0.2) is 45.8 Å². The van der Waals surface area contributed by atoms with Crippen molar-refractivity contribution in [2.75, 3.05) is 20.1 Å². The van der Waals surface area contributed by atoms with Gasteiger partial charge in [0.15, 0.2) is 17.9 Å². The SMILES string of the molecule is CN1CCC(c2cc(C(=O)Cc3cc4cc(-c5cnco5)ccc4cn3)ccn2)CC1. The van der Waals surface area contributed by atoms with Crippen molar-refractivity contribution in [3.05, 3.63) is 78.3 Å². The highest BCUT2D eigenvalue weighted by Gasteiger charge is 2.20. The topological polar surface area (TPSA) is 72.1 Å². The molecule has 0 amide bonds. The summed E-state index contributed by atoms with van der Waals surface area (Å²) in [6, 6.07) is 11.8. The summed E-state index contributed by atoms with van der Waals surface area (Å²) in [6.07, 6.45) is 9.13. The second-order valence-electron chi connectivity index (χ2n) is 8.25. The number of carbonyl (C=O) groups excluding carboxylic acids is 1. The Kier molecular flexibility index (Phi) is 5.30. The maximum absolute atomic E-state index is 13.0. The zero-order valence-electron chi connectivity index (χ0n) is 17.5. The van der Waals surface area contributed by atoms with Crippen molar-refractivity contribution in [1.82, 2.24) is 19.9 Å². The Balaban J connectivity index is 1.35. The average molecular weight is 412 g/mol. The van der Waals surface area contributed by atoms with Crippen molar-refractivity contribution in [2.45, 2.75) is 25.2 Å². The molecule has 1 saturated heterocycles. The van der Waals surface area contributed by atoms with Crippen molar-refractivity contribution in [3.63, 3.8) is 0 Å². The number of oxazole rings is 1. The van der Waals surface area contributed by atoms with E-state index in [0.717, 1.165) is 59.4 Å². The lowest BCUT2D eigenvalue weighted by atomic mass is 9.92. The molecule has 0 spiro atoms. The number of hydrogen-bond acceptors (Lipinski definition) is 6. The van der Waals surface area contributed by atoms with Gasteiger partial charge in [-0.1, -0.05) is 12.1 Å². The average Bonchev–Trinajstić information content (AvgIpc) is 3.34. The van der Waals surface area contributed by atoms with E-state index < -0.39 is 0 Å². The summed E-state index contributed by atoms with van der Waals surface area (Å²) in [6.45, 7) is 2.14. The molecular formula is C25H24N4O2. The molecule has 4 aromatic rings. The molecule has 3 aromatic heterocycles. The number of piperidine rings is 1. The number of fused-ring (bicyclic) bond motifs is 1. The Morgan fingerprint density at radius 3 is 2.74 bits per heavy atom. The first-order valence-electron chi connectivity index (χ1n) is 10.6. The number of pyridine rings is 2. The lowest BCUT2D eigenvalue weighted by molar-refractivity contribution is 0.0991. The number of rotatable bonds is 5. The maximum Gasteiger partial charge on any atom is 0.181 e. The van der Waals surface area contributed by atoms with Gasteiger partial charge in [0.1, 0.15) is 0 Å². The number of ketones is 1. The fourth-order valence-electron chi connectivity index (χ4n) is 4.21. The summed E-state index contributed by atoms with van der Waals surface area (Å²) in [7, 11) is 2.15. The van der Waals surface area contributed by atoms with E-state index in [2.05, 4.69) is 26.9 Å². The van der Waals surface area contributed by atoms with Crippen LogP contribution in [0.5, 0.6) is 0 Å². The van der Waals surface area contributed by atoms with Gasteiger partial charge in [0.05, 0.1) is 12.6 Å². The van der Waals surface area contributed by atoms with Crippen molar-refractivity contribution in [1.29, 1.82) is 0 Å². The maximum atomic E-state index is 13.0.